The fourth-order valence-electron chi connectivity index (χ4n) is 3.36. The van der Waals surface area contributed by atoms with Gasteiger partial charge in [0.05, 0.1) is 11.1 Å². The zero-order valence-electron chi connectivity index (χ0n) is 11.7. The van der Waals surface area contributed by atoms with Crippen LogP contribution < -0.4 is 0 Å². The highest BCUT2D eigenvalue weighted by Gasteiger charge is 2.49. The average molecular weight is 273 g/mol. The van der Waals surface area contributed by atoms with Crippen LogP contribution in [0.25, 0.3) is 0 Å². The van der Waals surface area contributed by atoms with Gasteiger partial charge >= 0.3 is 0 Å². The van der Waals surface area contributed by atoms with Crippen molar-refractivity contribution in [1.29, 1.82) is 0 Å². The number of benzene rings is 1. The highest BCUT2D eigenvalue weighted by Crippen LogP contribution is 2.39. The summed E-state index contributed by atoms with van der Waals surface area (Å²) in [6.45, 7) is 2.42. The topological polar surface area (TPSA) is 46.6 Å². The van der Waals surface area contributed by atoms with Crippen molar-refractivity contribution in [3.8, 4) is 0 Å². The minimum atomic E-state index is -0.736. The van der Waals surface area contributed by atoms with Gasteiger partial charge in [0.2, 0.25) is 0 Å². The standard InChI is InChI=1S/C16H19NO3/c1-2-20-16(10-6-3-7-11-16)17-14(18)12-8-4-5-9-13(12)15(17)19/h4-5,8-9H,2-3,6-7,10-11H2,1H3. The minimum absolute atomic E-state index is 0.207. The summed E-state index contributed by atoms with van der Waals surface area (Å²) >= 11 is 0. The first kappa shape index (κ1) is 13.3. The van der Waals surface area contributed by atoms with E-state index in [0.717, 1.165) is 32.1 Å². The van der Waals surface area contributed by atoms with E-state index in [1.54, 1.807) is 24.3 Å². The minimum Gasteiger partial charge on any atom is -0.355 e. The monoisotopic (exact) mass is 273 g/mol. The Morgan fingerprint density at radius 3 is 2.10 bits per heavy atom. The highest BCUT2D eigenvalue weighted by molar-refractivity contribution is 6.21. The molecule has 1 heterocycles. The van der Waals surface area contributed by atoms with Gasteiger partial charge in [-0.25, -0.2) is 4.90 Å². The van der Waals surface area contributed by atoms with E-state index < -0.39 is 5.72 Å². The number of nitrogens with zero attached hydrogens (tertiary/aromatic N) is 1. The molecule has 106 valence electrons. The van der Waals surface area contributed by atoms with Crippen molar-refractivity contribution in [2.75, 3.05) is 6.61 Å². The summed E-state index contributed by atoms with van der Waals surface area (Å²) in [6, 6.07) is 7.03. The second-order valence-corrected chi connectivity index (χ2v) is 5.43. The number of rotatable bonds is 3. The molecule has 2 aliphatic rings. The molecule has 1 saturated carbocycles. The summed E-state index contributed by atoms with van der Waals surface area (Å²) in [5, 5.41) is 0. The first-order valence-electron chi connectivity index (χ1n) is 7.31. The molecule has 4 nitrogen and oxygen atoms in total. The molecular weight excluding hydrogens is 254 g/mol. The predicted octanol–water partition coefficient (Wildman–Crippen LogP) is 2.98. The third-order valence-corrected chi connectivity index (χ3v) is 4.25. The van der Waals surface area contributed by atoms with E-state index in [0.29, 0.717) is 17.7 Å². The molecule has 3 rings (SSSR count). The smallest absolute Gasteiger partial charge is 0.263 e. The Hall–Kier alpha value is -1.68. The van der Waals surface area contributed by atoms with E-state index in [9.17, 15) is 9.59 Å². The van der Waals surface area contributed by atoms with Gasteiger partial charge in [0, 0.05) is 6.61 Å². The Balaban J connectivity index is 2.01. The molecule has 0 saturated heterocycles. The summed E-state index contributed by atoms with van der Waals surface area (Å²) in [7, 11) is 0. The fraction of sp³-hybridized carbons (Fsp3) is 0.500. The summed E-state index contributed by atoms with van der Waals surface area (Å²) in [5.41, 5.74) is 0.268. The van der Waals surface area contributed by atoms with Gasteiger partial charge in [-0.1, -0.05) is 18.6 Å². The van der Waals surface area contributed by atoms with Crippen LogP contribution in [0.1, 0.15) is 59.7 Å². The lowest BCUT2D eigenvalue weighted by atomic mass is 9.90. The van der Waals surface area contributed by atoms with Crippen molar-refractivity contribution in [1.82, 2.24) is 4.90 Å². The summed E-state index contributed by atoms with van der Waals surface area (Å²) in [5.74, 6) is -0.415. The van der Waals surface area contributed by atoms with Crippen molar-refractivity contribution in [2.45, 2.75) is 44.8 Å². The van der Waals surface area contributed by atoms with E-state index in [-0.39, 0.29) is 11.8 Å². The molecule has 0 bridgehead atoms. The van der Waals surface area contributed by atoms with Gasteiger partial charge in [-0.05, 0) is 44.7 Å². The quantitative estimate of drug-likeness (QED) is 0.795. The molecule has 4 heteroatoms. The number of fused-ring (bicyclic) bond motifs is 1. The van der Waals surface area contributed by atoms with Gasteiger partial charge < -0.3 is 4.74 Å². The van der Waals surface area contributed by atoms with Crippen molar-refractivity contribution in [3.63, 3.8) is 0 Å². The lowest BCUT2D eigenvalue weighted by molar-refractivity contribution is -0.136. The zero-order chi connectivity index (χ0) is 14.2. The second kappa shape index (κ2) is 5.02. The van der Waals surface area contributed by atoms with Crippen LogP contribution >= 0.6 is 0 Å². The second-order valence-electron chi connectivity index (χ2n) is 5.43. The lowest BCUT2D eigenvalue weighted by Gasteiger charge is -2.42. The fourth-order valence-corrected chi connectivity index (χ4v) is 3.36. The van der Waals surface area contributed by atoms with Gasteiger partial charge in [-0.3, -0.25) is 9.59 Å². The molecule has 0 spiro atoms. The molecule has 1 fully saturated rings. The van der Waals surface area contributed by atoms with Gasteiger partial charge in [0.25, 0.3) is 11.8 Å². The maximum Gasteiger partial charge on any atom is 0.263 e. The third kappa shape index (κ3) is 1.86. The van der Waals surface area contributed by atoms with Crippen LogP contribution in [-0.4, -0.2) is 29.0 Å². The molecule has 1 aromatic carbocycles. The molecule has 1 aromatic rings. The third-order valence-electron chi connectivity index (χ3n) is 4.25. The maximum absolute atomic E-state index is 12.6. The van der Waals surface area contributed by atoms with Gasteiger partial charge in [0.15, 0.2) is 5.72 Å². The van der Waals surface area contributed by atoms with E-state index >= 15 is 0 Å². The number of imide groups is 1. The molecule has 2 amide bonds. The molecule has 0 aromatic heterocycles. The van der Waals surface area contributed by atoms with Crippen LogP contribution in [0.3, 0.4) is 0 Å². The van der Waals surface area contributed by atoms with Crippen LogP contribution in [0, 0.1) is 0 Å². The van der Waals surface area contributed by atoms with E-state index in [1.807, 2.05) is 6.92 Å². The Morgan fingerprint density at radius 2 is 1.60 bits per heavy atom. The number of ether oxygens (including phenoxy) is 1. The van der Waals surface area contributed by atoms with Crippen molar-refractivity contribution < 1.29 is 14.3 Å². The highest BCUT2D eigenvalue weighted by atomic mass is 16.5. The molecule has 0 radical (unpaired) electrons. The first-order valence-corrected chi connectivity index (χ1v) is 7.31. The van der Waals surface area contributed by atoms with Crippen LogP contribution in [-0.2, 0) is 4.74 Å². The number of hydrogen-bond acceptors (Lipinski definition) is 3. The SMILES string of the molecule is CCOC1(N2C(=O)c3ccccc3C2=O)CCCCC1. The Labute approximate surface area is 118 Å². The number of amides is 2. The number of hydrogen-bond donors (Lipinski definition) is 0. The first-order chi connectivity index (χ1) is 9.69. The van der Waals surface area contributed by atoms with Crippen LogP contribution in [0.2, 0.25) is 0 Å². The van der Waals surface area contributed by atoms with Crippen molar-refractivity contribution >= 4 is 11.8 Å². The van der Waals surface area contributed by atoms with Gasteiger partial charge in [-0.15, -0.1) is 0 Å². The number of carbonyl (C=O) groups excluding carboxylic acids is 2. The van der Waals surface area contributed by atoms with E-state index in [2.05, 4.69) is 0 Å². The molecule has 0 N–H and O–H groups in total. The molecule has 1 aliphatic heterocycles. The van der Waals surface area contributed by atoms with Gasteiger partial charge in [-0.2, -0.15) is 0 Å². The van der Waals surface area contributed by atoms with Crippen LogP contribution in [0.15, 0.2) is 24.3 Å². The van der Waals surface area contributed by atoms with Crippen molar-refractivity contribution in [2.24, 2.45) is 0 Å². The number of carbonyl (C=O) groups is 2. The van der Waals surface area contributed by atoms with E-state index in [4.69, 9.17) is 4.74 Å². The molecule has 0 unspecified atom stereocenters. The van der Waals surface area contributed by atoms with Crippen LogP contribution in [0.5, 0.6) is 0 Å². The molecule has 1 aliphatic carbocycles. The van der Waals surface area contributed by atoms with Crippen molar-refractivity contribution in [3.05, 3.63) is 35.4 Å². The Morgan fingerprint density at radius 1 is 1.05 bits per heavy atom. The summed E-state index contributed by atoms with van der Waals surface area (Å²) in [6.07, 6.45) is 4.61. The van der Waals surface area contributed by atoms with E-state index in [1.165, 1.54) is 4.90 Å². The molecule has 20 heavy (non-hydrogen) atoms. The zero-order valence-corrected chi connectivity index (χ0v) is 11.7. The normalized spacial score (nSPS) is 21.1. The average Bonchev–Trinajstić information content (AvgIpc) is 2.73. The largest absolute Gasteiger partial charge is 0.355 e. The summed E-state index contributed by atoms with van der Waals surface area (Å²) < 4.78 is 5.91. The Kier molecular flexibility index (Phi) is 3.34. The maximum atomic E-state index is 12.6. The predicted molar refractivity (Wildman–Crippen MR) is 74.4 cm³/mol. The van der Waals surface area contributed by atoms with Crippen LogP contribution in [0.4, 0.5) is 0 Å². The molecule has 0 atom stereocenters. The molecular formula is C16H19NO3. The Bertz CT molecular complexity index is 506. The summed E-state index contributed by atoms with van der Waals surface area (Å²) in [4.78, 5) is 26.6. The lowest BCUT2D eigenvalue weighted by Crippen LogP contribution is -2.54. The van der Waals surface area contributed by atoms with Gasteiger partial charge in [0.1, 0.15) is 0 Å².